The van der Waals surface area contributed by atoms with Crippen LogP contribution in [0.15, 0.2) is 53.2 Å². The Hall–Kier alpha value is -4.87. The summed E-state index contributed by atoms with van der Waals surface area (Å²) < 4.78 is 60.0. The highest BCUT2D eigenvalue weighted by Gasteiger charge is 2.36. The molecule has 1 amide bonds. The number of furan rings is 1. The molecule has 2 aliphatic heterocycles. The van der Waals surface area contributed by atoms with Gasteiger partial charge in [-0.2, -0.15) is 28.4 Å². The Morgan fingerprint density at radius 2 is 1.98 bits per heavy atom. The molecule has 2 fully saturated rings. The molecule has 4 heterocycles. The van der Waals surface area contributed by atoms with E-state index in [4.69, 9.17) is 29.6 Å². The van der Waals surface area contributed by atoms with Crippen LogP contribution in [0, 0.1) is 11.3 Å². The SMILES string of the molecule is C=C(COC)C(=O)N1CCN(c2nc(OC[C@@H]3CCCN3C)nc3cc(-c4cc(N)ccc4C(F)(F)F)c4ccoc4c23)C[C@@H]1CC#N. The number of ether oxygens (including phenoxy) is 2. The number of likely N-dealkylation sites (tertiary alicyclic amines) is 1. The molecular formula is C34H36F3N7O4. The molecular weight excluding hydrogens is 627 g/mol. The number of benzene rings is 2. The first kappa shape index (κ1) is 33.0. The topological polar surface area (TPSA) is 134 Å². The van der Waals surface area contributed by atoms with Crippen LogP contribution in [0.4, 0.5) is 24.7 Å². The minimum atomic E-state index is -4.64. The van der Waals surface area contributed by atoms with E-state index in [1.165, 1.54) is 25.5 Å². The van der Waals surface area contributed by atoms with E-state index in [2.05, 4.69) is 17.5 Å². The van der Waals surface area contributed by atoms with Crippen molar-refractivity contribution in [1.82, 2.24) is 19.8 Å². The average Bonchev–Trinajstić information content (AvgIpc) is 3.71. The number of methoxy groups -OCH3 is 1. The third-order valence-corrected chi connectivity index (χ3v) is 9.07. The third-order valence-electron chi connectivity index (χ3n) is 9.07. The van der Waals surface area contributed by atoms with Crippen molar-refractivity contribution in [1.29, 1.82) is 5.26 Å². The number of alkyl halides is 3. The number of piperazine rings is 1. The number of halogens is 3. The summed E-state index contributed by atoms with van der Waals surface area (Å²) in [5, 5.41) is 10.6. The Balaban J connectivity index is 1.49. The van der Waals surface area contributed by atoms with Crippen LogP contribution >= 0.6 is 0 Å². The molecule has 48 heavy (non-hydrogen) atoms. The molecule has 2 aromatic heterocycles. The van der Waals surface area contributed by atoms with Gasteiger partial charge in [0.2, 0.25) is 0 Å². The lowest BCUT2D eigenvalue weighted by Crippen LogP contribution is -2.56. The van der Waals surface area contributed by atoms with Crippen molar-refractivity contribution in [2.45, 2.75) is 37.5 Å². The fourth-order valence-electron chi connectivity index (χ4n) is 6.64. The van der Waals surface area contributed by atoms with Crippen molar-refractivity contribution in [2.75, 3.05) is 64.2 Å². The lowest BCUT2D eigenvalue weighted by atomic mass is 9.94. The first-order chi connectivity index (χ1) is 23.0. The minimum Gasteiger partial charge on any atom is -0.463 e. The van der Waals surface area contributed by atoms with Gasteiger partial charge in [-0.25, -0.2) is 0 Å². The lowest BCUT2D eigenvalue weighted by molar-refractivity contribution is -0.137. The number of hydrogen-bond donors (Lipinski definition) is 1. The summed E-state index contributed by atoms with van der Waals surface area (Å²) in [6, 6.07) is 8.57. The predicted octanol–water partition coefficient (Wildman–Crippen LogP) is 5.25. The van der Waals surface area contributed by atoms with Crippen LogP contribution in [0.3, 0.4) is 0 Å². The molecule has 11 nitrogen and oxygen atoms in total. The molecule has 252 valence electrons. The predicted molar refractivity (Wildman–Crippen MR) is 174 cm³/mol. The number of hydrogen-bond acceptors (Lipinski definition) is 10. The Labute approximate surface area is 275 Å². The van der Waals surface area contributed by atoms with Gasteiger partial charge in [0.25, 0.3) is 5.91 Å². The van der Waals surface area contributed by atoms with Crippen LogP contribution in [-0.4, -0.2) is 91.3 Å². The second-order valence-electron chi connectivity index (χ2n) is 12.2. The third kappa shape index (κ3) is 6.35. The van der Waals surface area contributed by atoms with E-state index in [9.17, 15) is 23.2 Å². The minimum absolute atomic E-state index is 0.0544. The molecule has 2 saturated heterocycles. The van der Waals surface area contributed by atoms with Gasteiger partial charge in [0, 0.05) is 49.4 Å². The zero-order chi connectivity index (χ0) is 34.2. The van der Waals surface area contributed by atoms with E-state index in [1.807, 2.05) is 11.9 Å². The maximum atomic E-state index is 14.3. The molecule has 2 N–H and O–H groups in total. The Morgan fingerprint density at radius 3 is 2.69 bits per heavy atom. The summed E-state index contributed by atoms with van der Waals surface area (Å²) in [4.78, 5) is 28.5. The number of anilines is 2. The number of fused-ring (bicyclic) bond motifs is 3. The number of carbonyl (C=O) groups excluding carboxylic acids is 1. The van der Waals surface area contributed by atoms with E-state index < -0.39 is 17.8 Å². The molecule has 2 aromatic carbocycles. The maximum Gasteiger partial charge on any atom is 0.417 e. The molecule has 2 atom stereocenters. The normalized spacial score (nSPS) is 18.8. The number of likely N-dealkylation sites (N-methyl/N-ethyl adjacent to an activating group) is 1. The van der Waals surface area contributed by atoms with Crippen molar-refractivity contribution in [2.24, 2.45) is 0 Å². The molecule has 0 saturated carbocycles. The first-order valence-corrected chi connectivity index (χ1v) is 15.6. The van der Waals surface area contributed by atoms with Crippen LogP contribution < -0.4 is 15.4 Å². The zero-order valence-electron chi connectivity index (χ0n) is 26.7. The number of amides is 1. The summed E-state index contributed by atoms with van der Waals surface area (Å²) in [5.74, 6) is 0.130. The largest absolute Gasteiger partial charge is 0.463 e. The van der Waals surface area contributed by atoms with Gasteiger partial charge in [-0.05, 0) is 67.9 Å². The molecule has 0 bridgehead atoms. The number of nitrogens with zero attached hydrogens (tertiary/aromatic N) is 6. The van der Waals surface area contributed by atoms with Crippen LogP contribution in [0.25, 0.3) is 33.0 Å². The van der Waals surface area contributed by atoms with Crippen molar-refractivity contribution < 1.29 is 31.9 Å². The lowest BCUT2D eigenvalue weighted by Gasteiger charge is -2.41. The summed E-state index contributed by atoms with van der Waals surface area (Å²) in [6.07, 6.45) is -1.19. The van der Waals surface area contributed by atoms with Crippen LogP contribution in [0.1, 0.15) is 24.8 Å². The van der Waals surface area contributed by atoms with Crippen molar-refractivity contribution in [3.8, 4) is 23.2 Å². The fraction of sp³-hybridized carbons (Fsp3) is 0.412. The summed E-state index contributed by atoms with van der Waals surface area (Å²) in [6.45, 7) is 6.02. The van der Waals surface area contributed by atoms with E-state index in [-0.39, 0.29) is 66.5 Å². The van der Waals surface area contributed by atoms with Gasteiger partial charge in [0.15, 0.2) is 0 Å². The van der Waals surface area contributed by atoms with Gasteiger partial charge in [-0.3, -0.25) is 4.79 Å². The number of carbonyl (C=O) groups is 1. The van der Waals surface area contributed by atoms with Gasteiger partial charge >= 0.3 is 12.2 Å². The molecule has 14 heteroatoms. The quantitative estimate of drug-likeness (QED) is 0.187. The van der Waals surface area contributed by atoms with E-state index in [0.717, 1.165) is 25.5 Å². The molecule has 0 radical (unpaired) electrons. The highest BCUT2D eigenvalue weighted by Crippen LogP contribution is 2.44. The van der Waals surface area contributed by atoms with E-state index >= 15 is 0 Å². The highest BCUT2D eigenvalue weighted by atomic mass is 19.4. The molecule has 2 aliphatic rings. The molecule has 6 rings (SSSR count). The van der Waals surface area contributed by atoms with Gasteiger partial charge in [-0.1, -0.05) is 6.58 Å². The van der Waals surface area contributed by atoms with Crippen molar-refractivity contribution in [3.05, 3.63) is 54.3 Å². The van der Waals surface area contributed by atoms with Gasteiger partial charge in [-0.15, -0.1) is 0 Å². The Morgan fingerprint density at radius 1 is 1.17 bits per heavy atom. The van der Waals surface area contributed by atoms with Crippen LogP contribution in [-0.2, 0) is 15.7 Å². The first-order valence-electron chi connectivity index (χ1n) is 15.6. The van der Waals surface area contributed by atoms with Gasteiger partial charge in [0.1, 0.15) is 18.0 Å². The van der Waals surface area contributed by atoms with Crippen LogP contribution in [0.2, 0.25) is 0 Å². The van der Waals surface area contributed by atoms with E-state index in [0.29, 0.717) is 40.8 Å². The monoisotopic (exact) mass is 663 g/mol. The number of nitriles is 1. The second kappa shape index (κ2) is 13.3. The number of aromatic nitrogens is 2. The molecule has 0 unspecified atom stereocenters. The zero-order valence-corrected chi connectivity index (χ0v) is 26.7. The Kier molecular flexibility index (Phi) is 9.18. The van der Waals surface area contributed by atoms with Gasteiger partial charge < -0.3 is 34.3 Å². The highest BCUT2D eigenvalue weighted by molar-refractivity contribution is 6.14. The standard InChI is InChI=1S/C34H36F3N7O4/c1-20(18-46-3)32(45)44-13-12-43(17-22(44)8-10-38)31-29-28(40-33(41-31)48-19-23-5-4-11-42(23)2)16-25(24-9-14-47-30(24)29)26-15-21(39)6-7-27(26)34(35,36)37/h6-7,9,14-16,22-23H,1,4-5,8,11-13,17-19,39H2,2-3H3/t22-,23-/m0/s1. The molecule has 4 aromatic rings. The van der Waals surface area contributed by atoms with Crippen molar-refractivity contribution >= 4 is 39.3 Å². The molecule has 0 aliphatic carbocycles. The molecule has 0 spiro atoms. The summed E-state index contributed by atoms with van der Waals surface area (Å²) in [7, 11) is 3.50. The maximum absolute atomic E-state index is 14.3. The average molecular weight is 664 g/mol. The summed E-state index contributed by atoms with van der Waals surface area (Å²) in [5.41, 5.74) is 6.33. The summed E-state index contributed by atoms with van der Waals surface area (Å²) >= 11 is 0. The van der Waals surface area contributed by atoms with Crippen LogP contribution in [0.5, 0.6) is 6.01 Å². The number of rotatable bonds is 9. The Bertz CT molecular complexity index is 1900. The number of nitrogens with two attached hydrogens (primary N) is 1. The fourth-order valence-corrected chi connectivity index (χ4v) is 6.64. The number of nitrogen functional groups attached to an aromatic ring is 1. The van der Waals surface area contributed by atoms with Gasteiger partial charge in [0.05, 0.1) is 47.9 Å². The smallest absolute Gasteiger partial charge is 0.417 e. The second-order valence-corrected chi connectivity index (χ2v) is 12.2. The van der Waals surface area contributed by atoms with E-state index in [1.54, 1.807) is 17.0 Å². The van der Waals surface area contributed by atoms with Crippen molar-refractivity contribution in [3.63, 3.8) is 0 Å².